The van der Waals surface area contributed by atoms with Crippen LogP contribution in [0.15, 0.2) is 0 Å². The Bertz CT molecular complexity index is 312. The van der Waals surface area contributed by atoms with Gasteiger partial charge in [-0.3, -0.25) is 4.79 Å². The smallest absolute Gasteiger partial charge is 0.220 e. The van der Waals surface area contributed by atoms with Crippen LogP contribution in [0.1, 0.15) is 52.9 Å². The average molecular weight is 297 g/mol. The Labute approximate surface area is 130 Å². The van der Waals surface area contributed by atoms with Gasteiger partial charge in [-0.1, -0.05) is 20.8 Å². The molecule has 1 aliphatic heterocycles. The van der Waals surface area contributed by atoms with Gasteiger partial charge in [0.1, 0.15) is 0 Å². The normalized spacial score (nSPS) is 22.0. The molecule has 124 valence electrons. The fourth-order valence-electron chi connectivity index (χ4n) is 3.30. The van der Waals surface area contributed by atoms with Gasteiger partial charge in [0.15, 0.2) is 0 Å². The lowest BCUT2D eigenvalue weighted by Gasteiger charge is -2.31. The molecule has 3 N–H and O–H groups in total. The van der Waals surface area contributed by atoms with Gasteiger partial charge in [0.2, 0.25) is 5.91 Å². The predicted molar refractivity (Wildman–Crippen MR) is 89.1 cm³/mol. The molecule has 0 aliphatic carbocycles. The lowest BCUT2D eigenvalue weighted by molar-refractivity contribution is -0.121. The van der Waals surface area contributed by atoms with E-state index in [-0.39, 0.29) is 11.3 Å². The van der Waals surface area contributed by atoms with E-state index in [2.05, 4.69) is 38.0 Å². The standard InChI is InChI=1S/C17H35N3O/c1-17(2,3)15(9-10-18)7-8-16(21)19-12-14-6-5-11-20(4)13-14/h14-15H,5-13,18H2,1-4H3,(H,19,21). The summed E-state index contributed by atoms with van der Waals surface area (Å²) in [5.74, 6) is 1.35. The lowest BCUT2D eigenvalue weighted by Crippen LogP contribution is -2.39. The van der Waals surface area contributed by atoms with Crippen molar-refractivity contribution in [1.82, 2.24) is 10.2 Å². The highest BCUT2D eigenvalue weighted by atomic mass is 16.1. The van der Waals surface area contributed by atoms with Crippen LogP contribution in [0.2, 0.25) is 0 Å². The molecular formula is C17H35N3O. The van der Waals surface area contributed by atoms with Crippen molar-refractivity contribution in [1.29, 1.82) is 0 Å². The van der Waals surface area contributed by atoms with E-state index in [1.54, 1.807) is 0 Å². The number of nitrogens with two attached hydrogens (primary N) is 1. The van der Waals surface area contributed by atoms with Crippen molar-refractivity contribution in [3.8, 4) is 0 Å². The van der Waals surface area contributed by atoms with E-state index in [0.29, 0.717) is 24.8 Å². The summed E-state index contributed by atoms with van der Waals surface area (Å²) in [7, 11) is 2.16. The van der Waals surface area contributed by atoms with Gasteiger partial charge in [0.25, 0.3) is 0 Å². The van der Waals surface area contributed by atoms with Crippen LogP contribution in [0.4, 0.5) is 0 Å². The van der Waals surface area contributed by atoms with Gasteiger partial charge in [-0.2, -0.15) is 0 Å². The largest absolute Gasteiger partial charge is 0.356 e. The Morgan fingerprint density at radius 3 is 2.67 bits per heavy atom. The van der Waals surface area contributed by atoms with Crippen molar-refractivity contribution < 1.29 is 4.79 Å². The minimum Gasteiger partial charge on any atom is -0.356 e. The quantitative estimate of drug-likeness (QED) is 0.757. The molecule has 1 heterocycles. The molecule has 2 unspecified atom stereocenters. The maximum Gasteiger partial charge on any atom is 0.220 e. The van der Waals surface area contributed by atoms with Gasteiger partial charge in [-0.15, -0.1) is 0 Å². The van der Waals surface area contributed by atoms with Crippen LogP contribution in [-0.4, -0.2) is 44.0 Å². The maximum atomic E-state index is 12.0. The second kappa shape index (κ2) is 8.74. The zero-order chi connectivity index (χ0) is 15.9. The van der Waals surface area contributed by atoms with Crippen molar-refractivity contribution in [3.63, 3.8) is 0 Å². The fraction of sp³-hybridized carbons (Fsp3) is 0.941. The Kier molecular flexibility index (Phi) is 7.67. The molecule has 1 rings (SSSR count). The first-order chi connectivity index (χ1) is 9.82. The van der Waals surface area contributed by atoms with E-state index in [0.717, 1.165) is 25.9 Å². The van der Waals surface area contributed by atoms with E-state index in [1.165, 1.54) is 19.4 Å². The number of carbonyl (C=O) groups is 1. The monoisotopic (exact) mass is 297 g/mol. The van der Waals surface area contributed by atoms with Crippen molar-refractivity contribution in [2.24, 2.45) is 23.0 Å². The third-order valence-electron chi connectivity index (χ3n) is 4.77. The Hall–Kier alpha value is -0.610. The molecule has 4 nitrogen and oxygen atoms in total. The Morgan fingerprint density at radius 2 is 2.10 bits per heavy atom. The van der Waals surface area contributed by atoms with Gasteiger partial charge < -0.3 is 16.0 Å². The first-order valence-corrected chi connectivity index (χ1v) is 8.48. The van der Waals surface area contributed by atoms with Gasteiger partial charge in [-0.25, -0.2) is 0 Å². The molecule has 2 atom stereocenters. The summed E-state index contributed by atoms with van der Waals surface area (Å²) >= 11 is 0. The van der Waals surface area contributed by atoms with Crippen molar-refractivity contribution in [2.45, 2.75) is 52.9 Å². The molecule has 0 aromatic heterocycles. The number of rotatable bonds is 7. The third-order valence-corrected chi connectivity index (χ3v) is 4.77. The second-order valence-electron chi connectivity index (χ2n) is 7.75. The van der Waals surface area contributed by atoms with E-state index in [4.69, 9.17) is 5.73 Å². The zero-order valence-corrected chi connectivity index (χ0v) is 14.5. The van der Waals surface area contributed by atoms with Crippen molar-refractivity contribution in [3.05, 3.63) is 0 Å². The molecule has 0 spiro atoms. The molecule has 1 amide bonds. The van der Waals surface area contributed by atoms with Gasteiger partial charge in [0.05, 0.1) is 0 Å². The molecule has 1 saturated heterocycles. The van der Waals surface area contributed by atoms with Crippen LogP contribution in [0.3, 0.4) is 0 Å². The highest BCUT2D eigenvalue weighted by Crippen LogP contribution is 2.32. The van der Waals surface area contributed by atoms with E-state index >= 15 is 0 Å². The summed E-state index contributed by atoms with van der Waals surface area (Å²) in [6.07, 6.45) is 5.06. The zero-order valence-electron chi connectivity index (χ0n) is 14.5. The molecule has 0 radical (unpaired) electrons. The number of amides is 1. The van der Waals surface area contributed by atoms with Crippen LogP contribution in [0.5, 0.6) is 0 Å². The fourth-order valence-corrected chi connectivity index (χ4v) is 3.30. The number of hydrogen-bond donors (Lipinski definition) is 2. The second-order valence-corrected chi connectivity index (χ2v) is 7.75. The summed E-state index contributed by atoms with van der Waals surface area (Å²) in [4.78, 5) is 14.4. The number of carbonyl (C=O) groups excluding carboxylic acids is 1. The van der Waals surface area contributed by atoms with Crippen molar-refractivity contribution >= 4 is 5.91 Å². The Morgan fingerprint density at radius 1 is 1.38 bits per heavy atom. The lowest BCUT2D eigenvalue weighted by atomic mass is 9.76. The first-order valence-electron chi connectivity index (χ1n) is 8.48. The van der Waals surface area contributed by atoms with Gasteiger partial charge in [-0.05, 0) is 63.1 Å². The summed E-state index contributed by atoms with van der Waals surface area (Å²) in [5.41, 5.74) is 5.92. The van der Waals surface area contributed by atoms with Crippen molar-refractivity contribution in [2.75, 3.05) is 33.2 Å². The molecule has 21 heavy (non-hydrogen) atoms. The number of likely N-dealkylation sites (tertiary alicyclic amines) is 1. The maximum absolute atomic E-state index is 12.0. The van der Waals surface area contributed by atoms with Gasteiger partial charge in [0, 0.05) is 19.5 Å². The minimum atomic E-state index is 0.203. The number of nitrogens with one attached hydrogen (secondary N) is 1. The van der Waals surface area contributed by atoms with Crippen LogP contribution >= 0.6 is 0 Å². The molecule has 4 heteroatoms. The molecular weight excluding hydrogens is 262 g/mol. The molecule has 0 aromatic carbocycles. The number of piperidine rings is 1. The van der Waals surface area contributed by atoms with Crippen LogP contribution < -0.4 is 11.1 Å². The molecule has 0 aromatic rings. The summed E-state index contributed by atoms with van der Waals surface area (Å²) < 4.78 is 0. The highest BCUT2D eigenvalue weighted by Gasteiger charge is 2.24. The van der Waals surface area contributed by atoms with Crippen LogP contribution in [-0.2, 0) is 4.79 Å². The van der Waals surface area contributed by atoms with Gasteiger partial charge >= 0.3 is 0 Å². The molecule has 1 aliphatic rings. The highest BCUT2D eigenvalue weighted by molar-refractivity contribution is 5.75. The predicted octanol–water partition coefficient (Wildman–Crippen LogP) is 2.24. The topological polar surface area (TPSA) is 58.4 Å². The van der Waals surface area contributed by atoms with Crippen LogP contribution in [0, 0.1) is 17.3 Å². The third kappa shape index (κ3) is 7.28. The summed E-state index contributed by atoms with van der Waals surface area (Å²) in [6.45, 7) is 10.6. The minimum absolute atomic E-state index is 0.203. The Balaban J connectivity index is 2.26. The number of nitrogens with zero attached hydrogens (tertiary/aromatic N) is 1. The number of hydrogen-bond acceptors (Lipinski definition) is 3. The van der Waals surface area contributed by atoms with E-state index < -0.39 is 0 Å². The first kappa shape index (κ1) is 18.4. The van der Waals surface area contributed by atoms with E-state index in [1.807, 2.05) is 0 Å². The van der Waals surface area contributed by atoms with Crippen LogP contribution in [0.25, 0.3) is 0 Å². The molecule has 1 fully saturated rings. The molecule has 0 saturated carbocycles. The summed E-state index contributed by atoms with van der Waals surface area (Å²) in [5, 5.41) is 3.12. The average Bonchev–Trinajstić information content (AvgIpc) is 2.40. The summed E-state index contributed by atoms with van der Waals surface area (Å²) in [6, 6.07) is 0. The SMILES string of the molecule is CN1CCCC(CNC(=O)CCC(CCN)C(C)(C)C)C1. The molecule has 0 bridgehead atoms. The van der Waals surface area contributed by atoms with E-state index in [9.17, 15) is 4.79 Å².